The van der Waals surface area contributed by atoms with Gasteiger partial charge in [-0.1, -0.05) is 0 Å². The molecule has 7 nitrogen and oxygen atoms in total. The van der Waals surface area contributed by atoms with Crippen molar-refractivity contribution in [2.75, 3.05) is 0 Å². The van der Waals surface area contributed by atoms with Gasteiger partial charge in [-0.2, -0.15) is 13.2 Å². The number of nitrogens with zero attached hydrogens (tertiary/aromatic N) is 1. The Morgan fingerprint density at radius 3 is 2.45 bits per heavy atom. The number of halogens is 3. The maximum Gasteiger partial charge on any atom is 0.416 e. The number of carboxylic acid groups (broad SMARTS) is 1. The summed E-state index contributed by atoms with van der Waals surface area (Å²) in [7, 11) is 0. The molecule has 1 unspecified atom stereocenters. The van der Waals surface area contributed by atoms with Crippen molar-refractivity contribution < 1.29 is 32.8 Å². The second kappa shape index (κ2) is 6.41. The van der Waals surface area contributed by atoms with E-state index in [4.69, 9.17) is 5.11 Å². The van der Waals surface area contributed by atoms with E-state index in [9.17, 15) is 32.9 Å². The van der Waals surface area contributed by atoms with Crippen LogP contribution in [0.15, 0.2) is 18.2 Å². The van der Waals surface area contributed by atoms with Crippen molar-refractivity contribution in [3.05, 3.63) is 39.4 Å². The summed E-state index contributed by atoms with van der Waals surface area (Å²) in [5.74, 6) is -2.22. The average Bonchev–Trinajstić information content (AvgIpc) is 2.35. The SMILES string of the molecule is CC(CC(=O)O)NC(=O)c1ccc(C(F)(F)F)cc1[N+](=O)[O-]. The molecule has 0 bridgehead atoms. The molecule has 0 aliphatic heterocycles. The Bertz CT molecular complexity index is 615. The van der Waals surface area contributed by atoms with Crippen molar-refractivity contribution in [1.82, 2.24) is 5.32 Å². The van der Waals surface area contributed by atoms with Crippen LogP contribution in [0.25, 0.3) is 0 Å². The Kier molecular flexibility index (Phi) is 5.07. The quantitative estimate of drug-likeness (QED) is 0.638. The van der Waals surface area contributed by atoms with Crippen LogP contribution in [-0.4, -0.2) is 27.9 Å². The Labute approximate surface area is 121 Å². The van der Waals surface area contributed by atoms with Crippen molar-refractivity contribution in [2.45, 2.75) is 25.6 Å². The lowest BCUT2D eigenvalue weighted by molar-refractivity contribution is -0.385. The maximum atomic E-state index is 12.5. The molecule has 0 aromatic heterocycles. The summed E-state index contributed by atoms with van der Waals surface area (Å²) in [6.45, 7) is 1.35. The van der Waals surface area contributed by atoms with Crippen LogP contribution in [0.2, 0.25) is 0 Å². The average molecular weight is 320 g/mol. The molecular formula is C12H11F3N2O5. The number of amides is 1. The molecule has 1 rings (SSSR count). The Morgan fingerprint density at radius 2 is 2.00 bits per heavy atom. The van der Waals surface area contributed by atoms with Gasteiger partial charge in [0.05, 0.1) is 16.9 Å². The van der Waals surface area contributed by atoms with Crippen LogP contribution in [0.1, 0.15) is 29.3 Å². The third kappa shape index (κ3) is 4.43. The molecule has 10 heteroatoms. The van der Waals surface area contributed by atoms with Crippen molar-refractivity contribution in [3.8, 4) is 0 Å². The summed E-state index contributed by atoms with van der Waals surface area (Å²) in [5.41, 5.74) is -2.83. The number of nitro groups is 1. The summed E-state index contributed by atoms with van der Waals surface area (Å²) < 4.78 is 37.6. The minimum atomic E-state index is -4.78. The summed E-state index contributed by atoms with van der Waals surface area (Å²) in [6, 6.07) is 0.650. The number of nitro benzene ring substituents is 1. The van der Waals surface area contributed by atoms with E-state index in [1.54, 1.807) is 0 Å². The van der Waals surface area contributed by atoms with Gasteiger partial charge in [0.15, 0.2) is 0 Å². The minimum absolute atomic E-state index is 0.261. The fraction of sp³-hybridized carbons (Fsp3) is 0.333. The third-order valence-corrected chi connectivity index (χ3v) is 2.62. The zero-order valence-electron chi connectivity index (χ0n) is 11.2. The van der Waals surface area contributed by atoms with Crippen LogP contribution in [-0.2, 0) is 11.0 Å². The molecule has 1 aromatic carbocycles. The second-order valence-corrected chi connectivity index (χ2v) is 4.46. The number of aliphatic carboxylic acids is 1. The van der Waals surface area contributed by atoms with E-state index in [1.165, 1.54) is 6.92 Å². The smallest absolute Gasteiger partial charge is 0.416 e. The number of rotatable bonds is 5. The standard InChI is InChI=1S/C12H11F3N2O5/c1-6(4-10(18)19)16-11(20)8-3-2-7(12(13,14)15)5-9(8)17(21)22/h2-3,5-6H,4H2,1H3,(H,16,20)(H,18,19). The molecule has 120 valence electrons. The largest absolute Gasteiger partial charge is 0.481 e. The lowest BCUT2D eigenvalue weighted by atomic mass is 10.1. The van der Waals surface area contributed by atoms with Crippen LogP contribution in [0.3, 0.4) is 0 Å². The lowest BCUT2D eigenvalue weighted by Gasteiger charge is -2.12. The number of hydrogen-bond donors (Lipinski definition) is 2. The van der Waals surface area contributed by atoms with Crippen molar-refractivity contribution >= 4 is 17.6 Å². The van der Waals surface area contributed by atoms with E-state index in [2.05, 4.69) is 5.32 Å². The topological polar surface area (TPSA) is 110 Å². The first-order valence-corrected chi connectivity index (χ1v) is 5.90. The van der Waals surface area contributed by atoms with Crippen LogP contribution in [0, 0.1) is 10.1 Å². The molecule has 0 heterocycles. The van der Waals surface area contributed by atoms with E-state index >= 15 is 0 Å². The number of nitrogens with one attached hydrogen (secondary N) is 1. The third-order valence-electron chi connectivity index (χ3n) is 2.62. The summed E-state index contributed by atoms with van der Waals surface area (Å²) in [4.78, 5) is 32.0. The first kappa shape index (κ1) is 17.4. The predicted molar refractivity (Wildman–Crippen MR) is 67.3 cm³/mol. The molecule has 0 radical (unpaired) electrons. The van der Waals surface area contributed by atoms with Gasteiger partial charge in [0.2, 0.25) is 0 Å². The predicted octanol–water partition coefficient (Wildman–Crippen LogP) is 2.21. The van der Waals surface area contributed by atoms with E-state index in [0.717, 1.165) is 0 Å². The number of carboxylic acids is 1. The van der Waals surface area contributed by atoms with Gasteiger partial charge in [0.25, 0.3) is 11.6 Å². The summed E-state index contributed by atoms with van der Waals surface area (Å²) in [5, 5.41) is 21.6. The maximum absolute atomic E-state index is 12.5. The molecule has 1 amide bonds. The molecule has 1 aromatic rings. The highest BCUT2D eigenvalue weighted by molar-refractivity contribution is 5.98. The van der Waals surface area contributed by atoms with Gasteiger partial charge in [-0.3, -0.25) is 19.7 Å². The summed E-state index contributed by atoms with van der Waals surface area (Å²) in [6.07, 6.45) is -5.21. The van der Waals surface area contributed by atoms with Gasteiger partial charge in [0, 0.05) is 12.1 Å². The highest BCUT2D eigenvalue weighted by Crippen LogP contribution is 2.33. The lowest BCUT2D eigenvalue weighted by Crippen LogP contribution is -2.34. The number of carbonyl (C=O) groups is 2. The zero-order chi connectivity index (χ0) is 17.1. The molecule has 2 N–H and O–H groups in total. The molecule has 0 aliphatic rings. The van der Waals surface area contributed by atoms with Crippen LogP contribution in [0.4, 0.5) is 18.9 Å². The number of benzene rings is 1. The monoisotopic (exact) mass is 320 g/mol. The first-order chi connectivity index (χ1) is 10.0. The minimum Gasteiger partial charge on any atom is -0.481 e. The summed E-state index contributed by atoms with van der Waals surface area (Å²) >= 11 is 0. The molecule has 0 spiro atoms. The molecule has 1 atom stereocenters. The van der Waals surface area contributed by atoms with E-state index in [0.29, 0.717) is 12.1 Å². The first-order valence-electron chi connectivity index (χ1n) is 5.90. The normalized spacial score (nSPS) is 12.5. The van der Waals surface area contributed by atoms with E-state index in [1.807, 2.05) is 0 Å². The number of alkyl halides is 3. The second-order valence-electron chi connectivity index (χ2n) is 4.46. The van der Waals surface area contributed by atoms with Gasteiger partial charge >= 0.3 is 12.1 Å². The Morgan fingerprint density at radius 1 is 1.41 bits per heavy atom. The van der Waals surface area contributed by atoms with Gasteiger partial charge < -0.3 is 10.4 Å². The molecule has 0 saturated heterocycles. The van der Waals surface area contributed by atoms with Crippen molar-refractivity contribution in [3.63, 3.8) is 0 Å². The zero-order valence-corrected chi connectivity index (χ0v) is 11.2. The Hall–Kier alpha value is -2.65. The number of hydrogen-bond acceptors (Lipinski definition) is 4. The van der Waals surface area contributed by atoms with E-state index < -0.39 is 52.3 Å². The highest BCUT2D eigenvalue weighted by Gasteiger charge is 2.34. The van der Waals surface area contributed by atoms with Gasteiger partial charge in [-0.15, -0.1) is 0 Å². The van der Waals surface area contributed by atoms with Crippen LogP contribution >= 0.6 is 0 Å². The fourth-order valence-electron chi connectivity index (χ4n) is 1.67. The van der Waals surface area contributed by atoms with Crippen molar-refractivity contribution in [1.29, 1.82) is 0 Å². The van der Waals surface area contributed by atoms with Gasteiger partial charge in [-0.25, -0.2) is 0 Å². The molecular weight excluding hydrogens is 309 g/mol. The molecule has 0 fully saturated rings. The molecule has 0 saturated carbocycles. The van der Waals surface area contributed by atoms with Gasteiger partial charge in [0.1, 0.15) is 5.56 Å². The fourth-order valence-corrected chi connectivity index (χ4v) is 1.67. The number of carbonyl (C=O) groups excluding carboxylic acids is 1. The molecule has 0 aliphatic carbocycles. The highest BCUT2D eigenvalue weighted by atomic mass is 19.4. The van der Waals surface area contributed by atoms with Crippen LogP contribution in [0.5, 0.6) is 0 Å². The van der Waals surface area contributed by atoms with E-state index in [-0.39, 0.29) is 6.07 Å². The van der Waals surface area contributed by atoms with Gasteiger partial charge in [-0.05, 0) is 19.1 Å². The van der Waals surface area contributed by atoms with Crippen molar-refractivity contribution in [2.24, 2.45) is 0 Å². The Balaban J connectivity index is 3.11. The molecule has 22 heavy (non-hydrogen) atoms. The van der Waals surface area contributed by atoms with Crippen LogP contribution < -0.4 is 5.32 Å².